The zero-order valence-corrected chi connectivity index (χ0v) is 10.00. The second kappa shape index (κ2) is 7.06. The van der Waals surface area contributed by atoms with Gasteiger partial charge < -0.3 is 21.5 Å². The fourth-order valence-electron chi connectivity index (χ4n) is 1.13. The Morgan fingerprint density at radius 1 is 1.26 bits per heavy atom. The van der Waals surface area contributed by atoms with Gasteiger partial charge in [0.2, 0.25) is 11.8 Å². The molecular formula is C9H14N6O4. The first-order valence-corrected chi connectivity index (χ1v) is 5.35. The number of amides is 2. The van der Waals surface area contributed by atoms with E-state index < -0.39 is 24.3 Å². The Balaban J connectivity index is 2.27. The summed E-state index contributed by atoms with van der Waals surface area (Å²) in [6.45, 7) is -0.666. The van der Waals surface area contributed by atoms with Gasteiger partial charge in [0.15, 0.2) is 0 Å². The first-order valence-electron chi connectivity index (χ1n) is 5.35. The molecule has 0 aliphatic carbocycles. The molecule has 0 spiro atoms. The second-order valence-corrected chi connectivity index (χ2v) is 3.56. The lowest BCUT2D eigenvalue weighted by Crippen LogP contribution is -2.40. The average Bonchev–Trinajstić information content (AvgIpc) is 2.81. The predicted molar refractivity (Wildman–Crippen MR) is 61.6 cm³/mol. The smallest absolute Gasteiger partial charge is 0.322 e. The van der Waals surface area contributed by atoms with Crippen molar-refractivity contribution in [1.29, 1.82) is 0 Å². The number of nitrogens with one attached hydrogen (secondary N) is 2. The van der Waals surface area contributed by atoms with E-state index in [-0.39, 0.29) is 19.6 Å². The van der Waals surface area contributed by atoms with E-state index in [0.717, 1.165) is 0 Å². The molecule has 0 aliphatic heterocycles. The van der Waals surface area contributed by atoms with Crippen LogP contribution >= 0.6 is 0 Å². The molecule has 5 N–H and O–H groups in total. The molecule has 0 saturated carbocycles. The Kier molecular flexibility index (Phi) is 5.41. The Labute approximate surface area is 107 Å². The summed E-state index contributed by atoms with van der Waals surface area (Å²) in [5.41, 5.74) is 5.88. The normalized spacial score (nSPS) is 9.95. The number of aliphatic carboxylic acids is 1. The van der Waals surface area contributed by atoms with Crippen molar-refractivity contribution >= 4 is 17.8 Å². The number of rotatable bonds is 7. The molecule has 104 valence electrons. The fourth-order valence-corrected chi connectivity index (χ4v) is 1.13. The highest BCUT2D eigenvalue weighted by Gasteiger charge is 2.08. The lowest BCUT2D eigenvalue weighted by molar-refractivity contribution is -0.137. The first kappa shape index (κ1) is 14.6. The highest BCUT2D eigenvalue weighted by atomic mass is 16.4. The monoisotopic (exact) mass is 270 g/mol. The van der Waals surface area contributed by atoms with Crippen LogP contribution in [0.1, 0.15) is 5.69 Å². The van der Waals surface area contributed by atoms with Crippen LogP contribution in [0, 0.1) is 0 Å². The van der Waals surface area contributed by atoms with Crippen molar-refractivity contribution in [2.75, 3.05) is 13.1 Å². The van der Waals surface area contributed by atoms with E-state index in [1.54, 1.807) is 0 Å². The third kappa shape index (κ3) is 5.59. The van der Waals surface area contributed by atoms with Gasteiger partial charge in [0.05, 0.1) is 18.4 Å². The van der Waals surface area contributed by atoms with Crippen molar-refractivity contribution in [3.8, 4) is 0 Å². The van der Waals surface area contributed by atoms with Crippen LogP contribution in [0.4, 0.5) is 0 Å². The van der Waals surface area contributed by atoms with Crippen molar-refractivity contribution < 1.29 is 19.5 Å². The Morgan fingerprint density at radius 3 is 2.53 bits per heavy atom. The van der Waals surface area contributed by atoms with Crippen molar-refractivity contribution in [2.45, 2.75) is 13.1 Å². The van der Waals surface area contributed by atoms with Gasteiger partial charge in [0.1, 0.15) is 13.1 Å². The molecule has 0 radical (unpaired) electrons. The molecule has 1 aromatic rings. The van der Waals surface area contributed by atoms with Crippen molar-refractivity contribution in [1.82, 2.24) is 25.6 Å². The van der Waals surface area contributed by atoms with Gasteiger partial charge >= 0.3 is 5.97 Å². The molecule has 2 amide bonds. The van der Waals surface area contributed by atoms with E-state index >= 15 is 0 Å². The van der Waals surface area contributed by atoms with Gasteiger partial charge in [-0.3, -0.25) is 14.4 Å². The van der Waals surface area contributed by atoms with E-state index in [1.807, 2.05) is 0 Å². The molecule has 10 heteroatoms. The minimum absolute atomic E-state index is 0.0980. The summed E-state index contributed by atoms with van der Waals surface area (Å²) in [5.74, 6) is -2.19. The number of hydrogen-bond donors (Lipinski definition) is 4. The molecule has 0 bridgehead atoms. The minimum atomic E-state index is -1.16. The van der Waals surface area contributed by atoms with Gasteiger partial charge in [-0.2, -0.15) is 0 Å². The largest absolute Gasteiger partial charge is 0.480 e. The average molecular weight is 270 g/mol. The van der Waals surface area contributed by atoms with Crippen molar-refractivity contribution in [3.63, 3.8) is 0 Å². The molecule has 0 fully saturated rings. The summed E-state index contributed by atoms with van der Waals surface area (Å²) < 4.78 is 1.28. The predicted octanol–water partition coefficient (Wildman–Crippen LogP) is -2.95. The van der Waals surface area contributed by atoms with Gasteiger partial charge in [0.25, 0.3) is 0 Å². The van der Waals surface area contributed by atoms with Crippen LogP contribution in [0.2, 0.25) is 0 Å². The summed E-state index contributed by atoms with van der Waals surface area (Å²) >= 11 is 0. The molecule has 0 unspecified atom stereocenters. The van der Waals surface area contributed by atoms with Crippen LogP contribution in [0.3, 0.4) is 0 Å². The van der Waals surface area contributed by atoms with E-state index in [1.165, 1.54) is 10.9 Å². The van der Waals surface area contributed by atoms with Gasteiger partial charge in [-0.1, -0.05) is 5.21 Å². The third-order valence-electron chi connectivity index (χ3n) is 1.98. The number of carboxylic acids is 1. The maximum atomic E-state index is 11.4. The number of hydrogen-bond acceptors (Lipinski definition) is 6. The highest BCUT2D eigenvalue weighted by molar-refractivity contribution is 5.86. The molecule has 10 nitrogen and oxygen atoms in total. The molecule has 0 aliphatic rings. The number of carbonyl (C=O) groups excluding carboxylic acids is 2. The van der Waals surface area contributed by atoms with E-state index in [2.05, 4.69) is 20.9 Å². The lowest BCUT2D eigenvalue weighted by Gasteiger charge is -2.05. The number of carboxylic acid groups (broad SMARTS) is 1. The third-order valence-corrected chi connectivity index (χ3v) is 1.98. The van der Waals surface area contributed by atoms with Gasteiger partial charge in [-0.05, 0) is 0 Å². The molecule has 1 rings (SSSR count). The van der Waals surface area contributed by atoms with E-state index in [0.29, 0.717) is 5.69 Å². The molecule has 1 heterocycles. The molecule has 0 saturated heterocycles. The Morgan fingerprint density at radius 2 is 1.95 bits per heavy atom. The molecule has 0 atom stereocenters. The topological polar surface area (TPSA) is 152 Å². The summed E-state index contributed by atoms with van der Waals surface area (Å²) in [6, 6.07) is 0. The summed E-state index contributed by atoms with van der Waals surface area (Å²) in [5, 5.41) is 20.1. The van der Waals surface area contributed by atoms with Crippen molar-refractivity contribution in [3.05, 3.63) is 11.9 Å². The number of nitrogens with two attached hydrogens (primary N) is 1. The summed E-state index contributed by atoms with van der Waals surface area (Å²) in [4.78, 5) is 32.7. The van der Waals surface area contributed by atoms with Crippen LogP contribution in [0.15, 0.2) is 6.20 Å². The summed E-state index contributed by atoms with van der Waals surface area (Å²) in [6.07, 6.45) is 1.52. The molecule has 1 aromatic heterocycles. The quantitative estimate of drug-likeness (QED) is 0.413. The fraction of sp³-hybridized carbons (Fsp3) is 0.444. The van der Waals surface area contributed by atoms with Crippen LogP contribution in [0.25, 0.3) is 0 Å². The Hall–Kier alpha value is -2.49. The summed E-state index contributed by atoms with van der Waals surface area (Å²) in [7, 11) is 0. The zero-order valence-electron chi connectivity index (χ0n) is 10.00. The minimum Gasteiger partial charge on any atom is -0.480 e. The number of nitrogens with zero attached hydrogens (tertiary/aromatic N) is 3. The van der Waals surface area contributed by atoms with Crippen LogP contribution in [0.5, 0.6) is 0 Å². The molecule has 0 aromatic carbocycles. The van der Waals surface area contributed by atoms with E-state index in [4.69, 9.17) is 10.8 Å². The maximum Gasteiger partial charge on any atom is 0.322 e. The number of carbonyl (C=O) groups is 3. The standard InChI is InChI=1S/C9H14N6O4/c10-1-6-4-15(14-13-6)5-8(17)11-2-7(16)12-3-9(18)19/h4H,1-3,5,10H2,(H,11,17)(H,12,16)(H,18,19). The SMILES string of the molecule is NCc1cn(CC(=O)NCC(=O)NCC(=O)O)nn1. The zero-order chi connectivity index (χ0) is 14.3. The van der Waals surface area contributed by atoms with Gasteiger partial charge in [-0.15, -0.1) is 5.10 Å². The lowest BCUT2D eigenvalue weighted by atomic mass is 10.4. The van der Waals surface area contributed by atoms with Crippen LogP contribution in [-0.4, -0.2) is 51.0 Å². The Bertz CT molecular complexity index is 471. The first-order chi connectivity index (χ1) is 9.01. The van der Waals surface area contributed by atoms with Crippen LogP contribution in [-0.2, 0) is 27.5 Å². The van der Waals surface area contributed by atoms with Gasteiger partial charge in [-0.25, -0.2) is 4.68 Å². The highest BCUT2D eigenvalue weighted by Crippen LogP contribution is 1.90. The molecular weight excluding hydrogens is 256 g/mol. The molecule has 19 heavy (non-hydrogen) atoms. The maximum absolute atomic E-state index is 11.4. The van der Waals surface area contributed by atoms with E-state index in [9.17, 15) is 14.4 Å². The van der Waals surface area contributed by atoms with Crippen molar-refractivity contribution in [2.24, 2.45) is 5.73 Å². The second-order valence-electron chi connectivity index (χ2n) is 3.56. The number of aromatic nitrogens is 3. The van der Waals surface area contributed by atoms with Gasteiger partial charge in [0, 0.05) is 6.54 Å². The van der Waals surface area contributed by atoms with Crippen LogP contribution < -0.4 is 16.4 Å².